The van der Waals surface area contributed by atoms with E-state index in [0.717, 1.165) is 5.56 Å². The molecule has 134 valence electrons. The molecule has 1 heterocycles. The first-order chi connectivity index (χ1) is 12.4. The SMILES string of the molecule is C=C(C(=O)OC)C1(SCc2ccccc2)C(=O)N(C)c2c(Cl)cccc21. The summed E-state index contributed by atoms with van der Waals surface area (Å²) in [6.45, 7) is 3.92. The van der Waals surface area contributed by atoms with Crippen LogP contribution in [0.5, 0.6) is 0 Å². The van der Waals surface area contributed by atoms with E-state index in [-0.39, 0.29) is 11.5 Å². The van der Waals surface area contributed by atoms with Crippen LogP contribution in [0.3, 0.4) is 0 Å². The maximum Gasteiger partial charge on any atom is 0.335 e. The number of hydrogen-bond donors (Lipinski definition) is 0. The highest BCUT2D eigenvalue weighted by Crippen LogP contribution is 2.55. The van der Waals surface area contributed by atoms with Crippen molar-refractivity contribution < 1.29 is 14.3 Å². The Kier molecular flexibility index (Phi) is 5.12. The Morgan fingerprint density at radius 2 is 1.92 bits per heavy atom. The van der Waals surface area contributed by atoms with Crippen LogP contribution in [0.4, 0.5) is 5.69 Å². The summed E-state index contributed by atoms with van der Waals surface area (Å²) >= 11 is 7.69. The number of rotatable bonds is 5. The Bertz CT molecular complexity index is 884. The molecular weight excluding hydrogens is 370 g/mol. The predicted octanol–water partition coefficient (Wildman–Crippen LogP) is 4.17. The third-order valence-corrected chi connectivity index (χ3v) is 6.32. The molecule has 0 saturated carbocycles. The molecule has 2 aromatic carbocycles. The highest BCUT2D eigenvalue weighted by molar-refractivity contribution is 8.00. The molecule has 0 N–H and O–H groups in total. The number of anilines is 1. The summed E-state index contributed by atoms with van der Waals surface area (Å²) < 4.78 is 3.61. The third-order valence-electron chi connectivity index (χ3n) is 4.46. The molecule has 1 unspecified atom stereocenters. The molecule has 26 heavy (non-hydrogen) atoms. The molecule has 6 heteroatoms. The van der Waals surface area contributed by atoms with Crippen molar-refractivity contribution in [3.63, 3.8) is 0 Å². The van der Waals surface area contributed by atoms with E-state index < -0.39 is 10.7 Å². The molecule has 1 aliphatic heterocycles. The molecule has 1 amide bonds. The van der Waals surface area contributed by atoms with E-state index >= 15 is 0 Å². The van der Waals surface area contributed by atoms with Crippen LogP contribution in [0.25, 0.3) is 0 Å². The second-order valence-electron chi connectivity index (χ2n) is 5.93. The van der Waals surface area contributed by atoms with Crippen LogP contribution in [0.15, 0.2) is 60.7 Å². The minimum Gasteiger partial charge on any atom is -0.466 e. The van der Waals surface area contributed by atoms with Gasteiger partial charge in [0, 0.05) is 18.4 Å². The van der Waals surface area contributed by atoms with Crippen molar-refractivity contribution in [1.29, 1.82) is 0 Å². The number of benzene rings is 2. The minimum absolute atomic E-state index is 0.0961. The van der Waals surface area contributed by atoms with E-state index in [9.17, 15) is 9.59 Å². The number of halogens is 1. The largest absolute Gasteiger partial charge is 0.466 e. The minimum atomic E-state index is -1.27. The van der Waals surface area contributed by atoms with Crippen molar-refractivity contribution in [3.8, 4) is 0 Å². The fraction of sp³-hybridized carbons (Fsp3) is 0.200. The van der Waals surface area contributed by atoms with Gasteiger partial charge >= 0.3 is 5.97 Å². The lowest BCUT2D eigenvalue weighted by molar-refractivity contribution is -0.137. The summed E-state index contributed by atoms with van der Waals surface area (Å²) in [5.41, 5.74) is 2.40. The number of fused-ring (bicyclic) bond motifs is 1. The first kappa shape index (κ1) is 18.5. The number of ether oxygens (including phenoxy) is 1. The molecule has 1 aliphatic rings. The Morgan fingerprint density at radius 3 is 2.58 bits per heavy atom. The Hall–Kier alpha value is -2.24. The van der Waals surface area contributed by atoms with Crippen LogP contribution in [0, 0.1) is 0 Å². The first-order valence-electron chi connectivity index (χ1n) is 7.96. The zero-order chi connectivity index (χ0) is 18.9. The molecule has 3 rings (SSSR count). The van der Waals surface area contributed by atoms with E-state index in [1.165, 1.54) is 23.8 Å². The maximum absolute atomic E-state index is 13.3. The summed E-state index contributed by atoms with van der Waals surface area (Å²) in [7, 11) is 2.94. The van der Waals surface area contributed by atoms with Gasteiger partial charge in [-0.25, -0.2) is 4.79 Å². The first-order valence-corrected chi connectivity index (χ1v) is 9.32. The van der Waals surface area contributed by atoms with Crippen molar-refractivity contribution >= 4 is 40.9 Å². The lowest BCUT2D eigenvalue weighted by atomic mass is 9.92. The average molecular weight is 388 g/mol. The molecule has 4 nitrogen and oxygen atoms in total. The number of para-hydroxylation sites is 1. The van der Waals surface area contributed by atoms with Crippen LogP contribution in [-0.4, -0.2) is 26.0 Å². The fourth-order valence-electron chi connectivity index (χ4n) is 3.14. The fourth-order valence-corrected chi connectivity index (χ4v) is 4.86. The molecular formula is C20H18ClNO3S. The van der Waals surface area contributed by atoms with Gasteiger partial charge in [-0.15, -0.1) is 11.8 Å². The quantitative estimate of drug-likeness (QED) is 0.570. The zero-order valence-corrected chi connectivity index (χ0v) is 16.1. The van der Waals surface area contributed by atoms with Crippen molar-refractivity contribution in [2.24, 2.45) is 0 Å². The summed E-state index contributed by atoms with van der Waals surface area (Å²) in [6, 6.07) is 15.1. The Labute approximate surface area is 161 Å². The number of methoxy groups -OCH3 is 1. The number of carbonyl (C=O) groups excluding carboxylic acids is 2. The molecule has 0 radical (unpaired) electrons. The second kappa shape index (κ2) is 7.17. The topological polar surface area (TPSA) is 46.6 Å². The molecule has 0 spiro atoms. The molecule has 0 fully saturated rings. The summed E-state index contributed by atoms with van der Waals surface area (Å²) in [5, 5.41) is 0.457. The van der Waals surface area contributed by atoms with E-state index in [1.807, 2.05) is 36.4 Å². The van der Waals surface area contributed by atoms with Gasteiger partial charge in [0.25, 0.3) is 5.91 Å². The van der Waals surface area contributed by atoms with Gasteiger partial charge in [0.2, 0.25) is 0 Å². The predicted molar refractivity (Wildman–Crippen MR) is 105 cm³/mol. The molecule has 0 aromatic heterocycles. The molecule has 0 saturated heterocycles. The third kappa shape index (κ3) is 2.81. The van der Waals surface area contributed by atoms with Crippen LogP contribution in [-0.2, 0) is 24.8 Å². The highest BCUT2D eigenvalue weighted by atomic mass is 35.5. The van der Waals surface area contributed by atoms with Crippen LogP contribution in [0.1, 0.15) is 11.1 Å². The number of carbonyl (C=O) groups is 2. The number of esters is 1. The molecule has 2 aromatic rings. The smallest absolute Gasteiger partial charge is 0.335 e. The van der Waals surface area contributed by atoms with Gasteiger partial charge in [0.15, 0.2) is 4.75 Å². The maximum atomic E-state index is 13.3. The monoisotopic (exact) mass is 387 g/mol. The summed E-state index contributed by atoms with van der Waals surface area (Å²) in [4.78, 5) is 27.1. The van der Waals surface area contributed by atoms with Gasteiger partial charge in [-0.2, -0.15) is 0 Å². The number of amides is 1. The van der Waals surface area contributed by atoms with Gasteiger partial charge < -0.3 is 9.64 Å². The van der Waals surface area contributed by atoms with Gasteiger partial charge in [-0.3, -0.25) is 4.79 Å². The molecule has 0 bridgehead atoms. The Morgan fingerprint density at radius 1 is 1.23 bits per heavy atom. The molecule has 1 atom stereocenters. The van der Waals surface area contributed by atoms with Gasteiger partial charge in [0.1, 0.15) is 0 Å². The highest BCUT2D eigenvalue weighted by Gasteiger charge is 2.55. The van der Waals surface area contributed by atoms with Gasteiger partial charge in [0.05, 0.1) is 23.4 Å². The van der Waals surface area contributed by atoms with Crippen LogP contribution < -0.4 is 4.90 Å². The number of nitrogens with zero attached hydrogens (tertiary/aromatic N) is 1. The van der Waals surface area contributed by atoms with E-state index in [4.69, 9.17) is 16.3 Å². The van der Waals surface area contributed by atoms with E-state index in [1.54, 1.807) is 19.2 Å². The van der Waals surface area contributed by atoms with E-state index in [0.29, 0.717) is 22.0 Å². The summed E-state index contributed by atoms with van der Waals surface area (Å²) in [5.74, 6) is -0.334. The van der Waals surface area contributed by atoms with Gasteiger partial charge in [-0.05, 0) is 11.6 Å². The lowest BCUT2D eigenvalue weighted by Gasteiger charge is -2.28. The van der Waals surface area contributed by atoms with Crippen molar-refractivity contribution in [2.75, 3.05) is 19.1 Å². The second-order valence-corrected chi connectivity index (χ2v) is 7.52. The zero-order valence-electron chi connectivity index (χ0n) is 14.5. The lowest BCUT2D eigenvalue weighted by Crippen LogP contribution is -2.40. The number of thioether (sulfide) groups is 1. The Balaban J connectivity index is 2.13. The normalized spacial score (nSPS) is 18.6. The van der Waals surface area contributed by atoms with Crippen molar-refractivity contribution in [3.05, 3.63) is 76.8 Å². The number of likely N-dealkylation sites (N-methyl/N-ethyl adjacent to an activating group) is 1. The van der Waals surface area contributed by atoms with Crippen LogP contribution in [0.2, 0.25) is 5.02 Å². The molecule has 0 aliphatic carbocycles. The average Bonchev–Trinajstić information content (AvgIpc) is 2.89. The summed E-state index contributed by atoms with van der Waals surface area (Å²) in [6.07, 6.45) is 0. The standard InChI is InChI=1S/C20H18ClNO3S/c1-13(18(23)25-3)20(26-12-14-8-5-4-6-9-14)15-10-7-11-16(21)17(15)22(2)19(20)24/h4-11H,1,12H2,2-3H3. The van der Waals surface area contributed by atoms with Crippen molar-refractivity contribution in [2.45, 2.75) is 10.5 Å². The van der Waals surface area contributed by atoms with Crippen molar-refractivity contribution in [1.82, 2.24) is 0 Å². The van der Waals surface area contributed by atoms with Gasteiger partial charge in [-0.1, -0.05) is 60.6 Å². The van der Waals surface area contributed by atoms with Crippen LogP contribution >= 0.6 is 23.4 Å². The number of hydrogen-bond acceptors (Lipinski definition) is 4. The van der Waals surface area contributed by atoms with E-state index in [2.05, 4.69) is 6.58 Å².